The molecule has 0 radical (unpaired) electrons. The van der Waals surface area contributed by atoms with Crippen LogP contribution in [0.25, 0.3) is 0 Å². The second-order valence-electron chi connectivity index (χ2n) is 11.5. The molecule has 4 aromatic carbocycles. The first kappa shape index (κ1) is 35.6. The van der Waals surface area contributed by atoms with Crippen LogP contribution in [0, 0.1) is 6.92 Å². The summed E-state index contributed by atoms with van der Waals surface area (Å²) in [5, 5.41) is 2.99. The Morgan fingerprint density at radius 3 is 2.13 bits per heavy atom. The molecule has 0 unspecified atom stereocenters. The Labute approximate surface area is 283 Å². The maximum absolute atomic E-state index is 14.6. The van der Waals surface area contributed by atoms with Crippen LogP contribution < -0.4 is 14.4 Å². The predicted octanol–water partition coefficient (Wildman–Crippen LogP) is 6.48. The van der Waals surface area contributed by atoms with Crippen molar-refractivity contribution >= 4 is 39.3 Å². The number of sulfonamides is 1. The lowest BCUT2D eigenvalue weighted by atomic mass is 10.0. The van der Waals surface area contributed by atoms with E-state index in [1.807, 2.05) is 88.5 Å². The van der Waals surface area contributed by atoms with Crippen molar-refractivity contribution in [2.45, 2.75) is 62.5 Å². The molecule has 0 saturated carbocycles. The predicted molar refractivity (Wildman–Crippen MR) is 189 cm³/mol. The summed E-state index contributed by atoms with van der Waals surface area (Å²) in [5.41, 5.74) is 3.02. The lowest BCUT2D eigenvalue weighted by molar-refractivity contribution is -0.140. The summed E-state index contributed by atoms with van der Waals surface area (Å²) >= 11 is 1.51. The molecule has 0 aliphatic rings. The van der Waals surface area contributed by atoms with Gasteiger partial charge in [-0.2, -0.15) is 0 Å². The average molecular weight is 674 g/mol. The summed E-state index contributed by atoms with van der Waals surface area (Å²) in [7, 11) is -4.20. The molecule has 1 atom stereocenters. The molecule has 4 aromatic rings. The van der Waals surface area contributed by atoms with Gasteiger partial charge in [0.1, 0.15) is 18.3 Å². The standard InChI is InChI=1S/C37H43N3O5S2/c1-6-45-32-17-15-31(16-18-32)40(47(43,44)34-21-19-33(46-5)20-22-34)26-36(41)39(25-30-14-10-11-28(4)23-30)35(37(42)38-27(2)3)24-29-12-8-7-9-13-29/h7-23,27,35H,6,24-26H2,1-5H3,(H,38,42)/t35-/m0/s1. The number of ether oxygens (including phenoxy) is 1. The van der Waals surface area contributed by atoms with Gasteiger partial charge in [0.15, 0.2) is 0 Å². The smallest absolute Gasteiger partial charge is 0.264 e. The highest BCUT2D eigenvalue weighted by Gasteiger charge is 2.35. The number of nitrogens with zero attached hydrogens (tertiary/aromatic N) is 2. The largest absolute Gasteiger partial charge is 0.494 e. The minimum Gasteiger partial charge on any atom is -0.494 e. The topological polar surface area (TPSA) is 96.0 Å². The first-order valence-electron chi connectivity index (χ1n) is 15.6. The summed E-state index contributed by atoms with van der Waals surface area (Å²) in [5.74, 6) is -0.240. The Hall–Kier alpha value is -4.28. The fourth-order valence-electron chi connectivity index (χ4n) is 5.22. The van der Waals surface area contributed by atoms with Gasteiger partial charge in [-0.25, -0.2) is 8.42 Å². The van der Waals surface area contributed by atoms with Gasteiger partial charge in [0.25, 0.3) is 10.0 Å². The molecule has 8 nitrogen and oxygen atoms in total. The highest BCUT2D eigenvalue weighted by molar-refractivity contribution is 7.98. The monoisotopic (exact) mass is 673 g/mol. The summed E-state index contributed by atoms with van der Waals surface area (Å²) < 4.78 is 35.3. The fraction of sp³-hybridized carbons (Fsp3) is 0.297. The molecule has 0 aromatic heterocycles. The Bertz CT molecular complexity index is 1730. The summed E-state index contributed by atoms with van der Waals surface area (Å²) in [6.07, 6.45) is 2.17. The van der Waals surface area contributed by atoms with E-state index in [9.17, 15) is 18.0 Å². The van der Waals surface area contributed by atoms with Gasteiger partial charge < -0.3 is 15.0 Å². The van der Waals surface area contributed by atoms with Crippen molar-refractivity contribution < 1.29 is 22.7 Å². The van der Waals surface area contributed by atoms with Gasteiger partial charge in [0, 0.05) is 23.9 Å². The van der Waals surface area contributed by atoms with Gasteiger partial charge in [-0.3, -0.25) is 13.9 Å². The van der Waals surface area contributed by atoms with Gasteiger partial charge in [-0.05, 0) is 93.6 Å². The molecular formula is C37H43N3O5S2. The van der Waals surface area contributed by atoms with Crippen molar-refractivity contribution in [1.29, 1.82) is 0 Å². The van der Waals surface area contributed by atoms with E-state index in [2.05, 4.69) is 5.32 Å². The van der Waals surface area contributed by atoms with E-state index in [0.29, 0.717) is 18.0 Å². The van der Waals surface area contributed by atoms with Crippen molar-refractivity contribution in [2.75, 3.05) is 23.7 Å². The Morgan fingerprint density at radius 2 is 1.53 bits per heavy atom. The molecule has 0 aliphatic carbocycles. The first-order valence-corrected chi connectivity index (χ1v) is 18.3. The van der Waals surface area contributed by atoms with E-state index >= 15 is 0 Å². The van der Waals surface area contributed by atoms with Gasteiger partial charge in [-0.15, -0.1) is 11.8 Å². The number of rotatable bonds is 15. The van der Waals surface area contributed by atoms with Crippen LogP contribution >= 0.6 is 11.8 Å². The zero-order valence-corrected chi connectivity index (χ0v) is 29.2. The number of hydrogen-bond acceptors (Lipinski definition) is 6. The number of benzene rings is 4. The van der Waals surface area contributed by atoms with E-state index in [1.165, 1.54) is 16.7 Å². The quantitative estimate of drug-likeness (QED) is 0.145. The molecular weight excluding hydrogens is 631 g/mol. The normalized spacial score (nSPS) is 12.0. The molecule has 0 saturated heterocycles. The molecule has 4 rings (SSSR count). The molecule has 0 heterocycles. The molecule has 0 spiro atoms. The zero-order chi connectivity index (χ0) is 34.0. The van der Waals surface area contributed by atoms with Crippen molar-refractivity contribution in [2.24, 2.45) is 0 Å². The zero-order valence-electron chi connectivity index (χ0n) is 27.6. The van der Waals surface area contributed by atoms with E-state index in [0.717, 1.165) is 25.9 Å². The van der Waals surface area contributed by atoms with E-state index < -0.39 is 28.5 Å². The van der Waals surface area contributed by atoms with Gasteiger partial charge in [0.2, 0.25) is 11.8 Å². The summed E-state index contributed by atoms with van der Waals surface area (Å²) in [6, 6.07) is 29.4. The number of anilines is 1. The number of aryl methyl sites for hydroxylation is 1. The first-order chi connectivity index (χ1) is 22.5. The minimum absolute atomic E-state index is 0.0561. The third-order valence-electron chi connectivity index (χ3n) is 7.50. The van der Waals surface area contributed by atoms with Crippen LogP contribution in [0.3, 0.4) is 0 Å². The highest BCUT2D eigenvalue weighted by atomic mass is 32.2. The summed E-state index contributed by atoms with van der Waals surface area (Å²) in [6.45, 7) is 7.61. The molecule has 47 heavy (non-hydrogen) atoms. The van der Waals surface area contributed by atoms with Crippen LogP contribution in [0.1, 0.15) is 37.5 Å². The Morgan fingerprint density at radius 1 is 0.872 bits per heavy atom. The lowest BCUT2D eigenvalue weighted by Crippen LogP contribution is -2.54. The number of hydrogen-bond donors (Lipinski definition) is 1. The van der Waals surface area contributed by atoms with Crippen LogP contribution in [-0.4, -0.2) is 56.6 Å². The van der Waals surface area contributed by atoms with Crippen LogP contribution in [0.15, 0.2) is 113 Å². The van der Waals surface area contributed by atoms with E-state index in [4.69, 9.17) is 4.74 Å². The van der Waals surface area contributed by atoms with Crippen LogP contribution in [0.5, 0.6) is 5.75 Å². The molecule has 0 fully saturated rings. The van der Waals surface area contributed by atoms with E-state index in [1.54, 1.807) is 48.5 Å². The summed E-state index contributed by atoms with van der Waals surface area (Å²) in [4.78, 5) is 30.9. The number of thioether (sulfide) groups is 1. The van der Waals surface area contributed by atoms with Crippen LogP contribution in [0.4, 0.5) is 5.69 Å². The molecule has 0 bridgehead atoms. The second kappa shape index (κ2) is 16.5. The van der Waals surface area contributed by atoms with Crippen molar-refractivity contribution in [1.82, 2.24) is 10.2 Å². The molecule has 10 heteroatoms. The van der Waals surface area contributed by atoms with Crippen LogP contribution in [0.2, 0.25) is 0 Å². The SMILES string of the molecule is CCOc1ccc(N(CC(=O)N(Cc2cccc(C)c2)[C@@H](Cc2ccccc2)C(=O)NC(C)C)S(=O)(=O)c2ccc(SC)cc2)cc1. The van der Waals surface area contributed by atoms with Gasteiger partial charge in [-0.1, -0.05) is 60.2 Å². The Kier molecular flexibility index (Phi) is 12.5. The van der Waals surface area contributed by atoms with Crippen molar-refractivity contribution in [3.63, 3.8) is 0 Å². The van der Waals surface area contributed by atoms with E-state index in [-0.39, 0.29) is 29.8 Å². The highest BCUT2D eigenvalue weighted by Crippen LogP contribution is 2.28. The number of carbonyl (C=O) groups is 2. The van der Waals surface area contributed by atoms with Crippen molar-refractivity contribution in [3.8, 4) is 5.75 Å². The number of carbonyl (C=O) groups excluding carboxylic acids is 2. The third kappa shape index (κ3) is 9.62. The second-order valence-corrected chi connectivity index (χ2v) is 14.2. The fourth-order valence-corrected chi connectivity index (χ4v) is 7.04. The lowest BCUT2D eigenvalue weighted by Gasteiger charge is -2.34. The average Bonchev–Trinajstić information content (AvgIpc) is 3.06. The maximum atomic E-state index is 14.6. The number of amides is 2. The van der Waals surface area contributed by atoms with Crippen molar-refractivity contribution in [3.05, 3.63) is 120 Å². The minimum atomic E-state index is -4.20. The molecule has 248 valence electrons. The maximum Gasteiger partial charge on any atom is 0.264 e. The van der Waals surface area contributed by atoms with Gasteiger partial charge in [0.05, 0.1) is 17.2 Å². The molecule has 0 aliphatic heterocycles. The third-order valence-corrected chi connectivity index (χ3v) is 10.0. The molecule has 1 N–H and O–H groups in total. The Balaban J connectivity index is 1.81. The number of nitrogens with one attached hydrogen (secondary N) is 1. The van der Waals surface area contributed by atoms with Crippen LogP contribution in [-0.2, 0) is 32.6 Å². The van der Waals surface area contributed by atoms with Gasteiger partial charge >= 0.3 is 0 Å². The molecule has 2 amide bonds.